The van der Waals surface area contributed by atoms with Gasteiger partial charge in [0, 0.05) is 11.3 Å². The van der Waals surface area contributed by atoms with Crippen LogP contribution in [0.3, 0.4) is 0 Å². The minimum Gasteiger partial charge on any atom is -0.497 e. The van der Waals surface area contributed by atoms with Crippen LogP contribution in [0.15, 0.2) is 29.2 Å². The summed E-state index contributed by atoms with van der Waals surface area (Å²) in [4.78, 5) is 26.3. The van der Waals surface area contributed by atoms with Gasteiger partial charge in [0.15, 0.2) is 9.84 Å². The summed E-state index contributed by atoms with van der Waals surface area (Å²) in [6.45, 7) is 2.01. The van der Waals surface area contributed by atoms with Gasteiger partial charge in [-0.3, -0.25) is 4.79 Å². The van der Waals surface area contributed by atoms with E-state index in [1.807, 2.05) is 0 Å². The van der Waals surface area contributed by atoms with Crippen molar-refractivity contribution in [1.82, 2.24) is 0 Å². The van der Waals surface area contributed by atoms with Gasteiger partial charge in [0.05, 0.1) is 29.9 Å². The van der Waals surface area contributed by atoms with E-state index in [9.17, 15) is 18.0 Å². The second-order valence-corrected chi connectivity index (χ2v) is 10.5. The van der Waals surface area contributed by atoms with Gasteiger partial charge in [0.25, 0.3) is 0 Å². The lowest BCUT2D eigenvalue weighted by Gasteiger charge is -2.12. The van der Waals surface area contributed by atoms with Crippen molar-refractivity contribution in [3.8, 4) is 5.75 Å². The quantitative estimate of drug-likeness (QED) is 0.562. The molecule has 0 saturated carbocycles. The van der Waals surface area contributed by atoms with E-state index in [2.05, 4.69) is 5.32 Å². The minimum atomic E-state index is -3.49. The van der Waals surface area contributed by atoms with Crippen LogP contribution in [0.4, 0.5) is 5.00 Å². The van der Waals surface area contributed by atoms with Gasteiger partial charge in [-0.25, -0.2) is 13.2 Å². The molecule has 1 aromatic carbocycles. The third kappa shape index (κ3) is 5.65. The molecular formula is C22H27NO6S2. The van der Waals surface area contributed by atoms with E-state index in [1.54, 1.807) is 19.1 Å². The van der Waals surface area contributed by atoms with Gasteiger partial charge in [-0.15, -0.1) is 11.3 Å². The van der Waals surface area contributed by atoms with E-state index in [1.165, 1.54) is 30.6 Å². The number of thiophene rings is 1. The highest BCUT2D eigenvalue weighted by Gasteiger charge is 2.27. The van der Waals surface area contributed by atoms with E-state index in [0.717, 1.165) is 36.1 Å². The number of carbonyl (C=O) groups excluding carboxylic acids is 2. The van der Waals surface area contributed by atoms with Crippen LogP contribution in [-0.4, -0.2) is 39.8 Å². The molecule has 1 amide bonds. The van der Waals surface area contributed by atoms with Crippen LogP contribution in [0.25, 0.3) is 0 Å². The topological polar surface area (TPSA) is 98.8 Å². The normalized spacial score (nSPS) is 13.4. The molecule has 0 aliphatic heterocycles. The summed E-state index contributed by atoms with van der Waals surface area (Å²) in [7, 11) is -1.98. The number of aryl methyl sites for hydroxylation is 1. The number of fused-ring (bicyclic) bond motifs is 1. The van der Waals surface area contributed by atoms with Gasteiger partial charge in [-0.2, -0.15) is 0 Å². The standard InChI is InChI=1S/C22H27NO6S2/c1-3-29-22(25)20-17-7-4-5-8-18(17)30-21(20)23-19(24)9-6-14-31(26,27)16-12-10-15(28-2)11-13-16/h10-13H,3-9,14H2,1-2H3,(H,23,24). The Hall–Kier alpha value is -2.39. The molecule has 2 aromatic rings. The van der Waals surface area contributed by atoms with Crippen molar-refractivity contribution in [1.29, 1.82) is 0 Å². The van der Waals surface area contributed by atoms with Crippen LogP contribution < -0.4 is 10.1 Å². The fourth-order valence-electron chi connectivity index (χ4n) is 3.59. The van der Waals surface area contributed by atoms with E-state index in [4.69, 9.17) is 9.47 Å². The van der Waals surface area contributed by atoms with E-state index >= 15 is 0 Å². The second-order valence-electron chi connectivity index (χ2n) is 7.28. The molecule has 0 fully saturated rings. The molecule has 1 aliphatic carbocycles. The Morgan fingerprint density at radius 1 is 1.13 bits per heavy atom. The average molecular weight is 466 g/mol. The number of esters is 1. The van der Waals surface area contributed by atoms with Crippen LogP contribution >= 0.6 is 11.3 Å². The van der Waals surface area contributed by atoms with Crippen molar-refractivity contribution >= 4 is 38.1 Å². The van der Waals surface area contributed by atoms with Gasteiger partial charge >= 0.3 is 5.97 Å². The third-order valence-corrected chi connectivity index (χ3v) is 8.16. The summed E-state index contributed by atoms with van der Waals surface area (Å²) < 4.78 is 35.2. The number of hydrogen-bond acceptors (Lipinski definition) is 7. The molecule has 0 bridgehead atoms. The van der Waals surface area contributed by atoms with Gasteiger partial charge in [-0.1, -0.05) is 0 Å². The van der Waals surface area contributed by atoms with E-state index < -0.39 is 15.8 Å². The first-order valence-corrected chi connectivity index (χ1v) is 12.8. The second kappa shape index (κ2) is 10.3. The van der Waals surface area contributed by atoms with E-state index in [-0.39, 0.29) is 36.0 Å². The summed E-state index contributed by atoms with van der Waals surface area (Å²) >= 11 is 1.42. The third-order valence-electron chi connectivity index (χ3n) is 5.14. The Bertz CT molecular complexity index is 1040. The van der Waals surface area contributed by atoms with Crippen molar-refractivity contribution in [3.05, 3.63) is 40.3 Å². The Kier molecular flexibility index (Phi) is 7.72. The highest BCUT2D eigenvalue weighted by molar-refractivity contribution is 7.91. The number of sulfone groups is 1. The lowest BCUT2D eigenvalue weighted by atomic mass is 9.95. The molecule has 0 radical (unpaired) electrons. The zero-order chi connectivity index (χ0) is 22.4. The Morgan fingerprint density at radius 2 is 1.84 bits per heavy atom. The number of amides is 1. The highest BCUT2D eigenvalue weighted by Crippen LogP contribution is 2.38. The highest BCUT2D eigenvalue weighted by atomic mass is 32.2. The maximum Gasteiger partial charge on any atom is 0.341 e. The first kappa shape index (κ1) is 23.3. The number of methoxy groups -OCH3 is 1. The first-order valence-electron chi connectivity index (χ1n) is 10.3. The number of nitrogens with one attached hydrogen (secondary N) is 1. The Balaban J connectivity index is 1.63. The van der Waals surface area contributed by atoms with Crippen LogP contribution in [0.5, 0.6) is 5.75 Å². The maximum absolute atomic E-state index is 12.5. The molecule has 168 valence electrons. The van der Waals surface area contributed by atoms with Gasteiger partial charge in [0.1, 0.15) is 10.8 Å². The fraction of sp³-hybridized carbons (Fsp3) is 0.455. The van der Waals surface area contributed by atoms with Crippen LogP contribution in [-0.2, 0) is 32.2 Å². The van der Waals surface area contributed by atoms with Crippen molar-refractivity contribution < 1.29 is 27.5 Å². The Labute approximate surface area is 186 Å². The monoisotopic (exact) mass is 465 g/mol. The smallest absolute Gasteiger partial charge is 0.341 e. The maximum atomic E-state index is 12.5. The zero-order valence-electron chi connectivity index (χ0n) is 17.7. The zero-order valence-corrected chi connectivity index (χ0v) is 19.4. The summed E-state index contributed by atoms with van der Waals surface area (Å²) in [5.41, 5.74) is 1.44. The van der Waals surface area contributed by atoms with Crippen molar-refractivity contribution in [2.75, 3.05) is 24.8 Å². The Morgan fingerprint density at radius 3 is 2.52 bits per heavy atom. The van der Waals surface area contributed by atoms with Crippen LogP contribution in [0, 0.1) is 0 Å². The molecule has 9 heteroatoms. The molecule has 1 aliphatic rings. The summed E-state index contributed by atoms with van der Waals surface area (Å²) in [5, 5.41) is 3.32. The van der Waals surface area contributed by atoms with Crippen LogP contribution in [0.2, 0.25) is 0 Å². The molecule has 3 rings (SSSR count). The minimum absolute atomic E-state index is 0.0419. The molecule has 1 aromatic heterocycles. The molecule has 7 nitrogen and oxygen atoms in total. The molecule has 31 heavy (non-hydrogen) atoms. The summed E-state index contributed by atoms with van der Waals surface area (Å²) in [5.74, 6) is -0.291. The largest absolute Gasteiger partial charge is 0.497 e. The number of benzene rings is 1. The van der Waals surface area contributed by atoms with Gasteiger partial charge in [0.2, 0.25) is 5.91 Å². The molecule has 1 N–H and O–H groups in total. The lowest BCUT2D eigenvalue weighted by Crippen LogP contribution is -2.16. The predicted octanol–water partition coefficient (Wildman–Crippen LogP) is 4.00. The van der Waals surface area contributed by atoms with Gasteiger partial charge < -0.3 is 14.8 Å². The summed E-state index contributed by atoms with van der Waals surface area (Å²) in [6.07, 6.45) is 3.98. The SMILES string of the molecule is CCOC(=O)c1c(NC(=O)CCCS(=O)(=O)c2ccc(OC)cc2)sc2c1CCCC2. The predicted molar refractivity (Wildman–Crippen MR) is 120 cm³/mol. The molecule has 0 spiro atoms. The van der Waals surface area contributed by atoms with Crippen molar-refractivity contribution in [3.63, 3.8) is 0 Å². The molecule has 1 heterocycles. The number of anilines is 1. The fourth-order valence-corrected chi connectivity index (χ4v) is 6.19. The van der Waals surface area contributed by atoms with Gasteiger partial charge in [-0.05, 0) is 68.9 Å². The number of carbonyl (C=O) groups is 2. The molecule has 0 saturated heterocycles. The number of hydrogen-bond donors (Lipinski definition) is 1. The van der Waals surface area contributed by atoms with Crippen molar-refractivity contribution in [2.45, 2.75) is 50.3 Å². The number of ether oxygens (including phenoxy) is 2. The molecular weight excluding hydrogens is 438 g/mol. The molecule has 0 atom stereocenters. The number of rotatable bonds is 9. The summed E-state index contributed by atoms with van der Waals surface area (Å²) in [6, 6.07) is 6.18. The van der Waals surface area contributed by atoms with Crippen LogP contribution in [0.1, 0.15) is 53.4 Å². The first-order chi connectivity index (χ1) is 14.9. The average Bonchev–Trinajstić information content (AvgIpc) is 3.11. The lowest BCUT2D eigenvalue weighted by molar-refractivity contribution is -0.116. The molecule has 0 unspecified atom stereocenters. The van der Waals surface area contributed by atoms with E-state index in [0.29, 0.717) is 16.3 Å². The van der Waals surface area contributed by atoms with Crippen molar-refractivity contribution in [2.24, 2.45) is 0 Å².